The van der Waals surface area contributed by atoms with Gasteiger partial charge in [0.2, 0.25) is 0 Å². The molecule has 0 fully saturated rings. The van der Waals surface area contributed by atoms with Gasteiger partial charge in [-0.05, 0) is 55.2 Å². The topological polar surface area (TPSA) is 4.93 Å². The van der Waals surface area contributed by atoms with Gasteiger partial charge in [0.05, 0.1) is 0 Å². The van der Waals surface area contributed by atoms with Crippen LogP contribution >= 0.6 is 0 Å². The third-order valence-electron chi connectivity index (χ3n) is 5.43. The first kappa shape index (κ1) is 20.8. The summed E-state index contributed by atoms with van der Waals surface area (Å²) in [5, 5.41) is 0. The zero-order valence-corrected chi connectivity index (χ0v) is 17.6. The molecule has 0 N–H and O–H groups in total. The molecule has 144 valence electrons. The SMILES string of the molecule is CCCCc1c(CCC)c(CCC)n(Cc2ccccc2)c1CCCC. The second-order valence-electron chi connectivity index (χ2n) is 7.63. The van der Waals surface area contributed by atoms with E-state index in [0.29, 0.717) is 0 Å². The highest BCUT2D eigenvalue weighted by molar-refractivity contribution is 5.41. The number of hydrogen-bond donors (Lipinski definition) is 0. The van der Waals surface area contributed by atoms with Crippen molar-refractivity contribution in [3.05, 3.63) is 58.4 Å². The van der Waals surface area contributed by atoms with E-state index in [-0.39, 0.29) is 0 Å². The largest absolute Gasteiger partial charge is 0.344 e. The predicted molar refractivity (Wildman–Crippen MR) is 115 cm³/mol. The van der Waals surface area contributed by atoms with Gasteiger partial charge in [0, 0.05) is 17.9 Å². The van der Waals surface area contributed by atoms with Gasteiger partial charge >= 0.3 is 0 Å². The summed E-state index contributed by atoms with van der Waals surface area (Å²) >= 11 is 0. The quantitative estimate of drug-likeness (QED) is 0.382. The molecule has 0 bridgehead atoms. The summed E-state index contributed by atoms with van der Waals surface area (Å²) in [5.41, 5.74) is 8.13. The average Bonchev–Trinajstić information content (AvgIpc) is 2.92. The first-order chi connectivity index (χ1) is 12.8. The second-order valence-corrected chi connectivity index (χ2v) is 7.63. The van der Waals surface area contributed by atoms with Crippen molar-refractivity contribution in [1.29, 1.82) is 0 Å². The summed E-state index contributed by atoms with van der Waals surface area (Å²) in [5.74, 6) is 0. The Kier molecular flexibility index (Phi) is 9.01. The van der Waals surface area contributed by atoms with Gasteiger partial charge in [-0.15, -0.1) is 0 Å². The van der Waals surface area contributed by atoms with E-state index in [4.69, 9.17) is 0 Å². The summed E-state index contributed by atoms with van der Waals surface area (Å²) < 4.78 is 2.71. The molecule has 0 aliphatic heterocycles. The molecule has 0 unspecified atom stereocenters. The van der Waals surface area contributed by atoms with Crippen molar-refractivity contribution < 1.29 is 0 Å². The molecule has 2 aromatic rings. The lowest BCUT2D eigenvalue weighted by Gasteiger charge is -2.15. The lowest BCUT2D eigenvalue weighted by molar-refractivity contribution is 0.652. The van der Waals surface area contributed by atoms with Gasteiger partial charge in [-0.25, -0.2) is 0 Å². The zero-order chi connectivity index (χ0) is 18.8. The van der Waals surface area contributed by atoms with Gasteiger partial charge in [-0.3, -0.25) is 0 Å². The molecule has 1 heterocycles. The van der Waals surface area contributed by atoms with Gasteiger partial charge in [0.15, 0.2) is 0 Å². The normalized spacial score (nSPS) is 11.2. The maximum atomic E-state index is 2.71. The molecule has 0 amide bonds. The Hall–Kier alpha value is -1.50. The Morgan fingerprint density at radius 1 is 0.615 bits per heavy atom. The first-order valence-corrected chi connectivity index (χ1v) is 11.0. The summed E-state index contributed by atoms with van der Waals surface area (Å²) in [6.07, 6.45) is 12.6. The van der Waals surface area contributed by atoms with Crippen LogP contribution in [0.25, 0.3) is 0 Å². The Bertz CT molecular complexity index is 636. The number of aromatic nitrogens is 1. The maximum absolute atomic E-state index is 2.71. The minimum absolute atomic E-state index is 1.04. The predicted octanol–water partition coefficient (Wildman–Crippen LogP) is 7.13. The monoisotopic (exact) mass is 353 g/mol. The highest BCUT2D eigenvalue weighted by atomic mass is 15.0. The lowest BCUT2D eigenvalue weighted by Crippen LogP contribution is -2.10. The smallest absolute Gasteiger partial charge is 0.0475 e. The average molecular weight is 354 g/mol. The van der Waals surface area contributed by atoms with Crippen LogP contribution < -0.4 is 0 Å². The lowest BCUT2D eigenvalue weighted by atomic mass is 9.96. The fourth-order valence-electron chi connectivity index (χ4n) is 4.14. The number of rotatable bonds is 12. The van der Waals surface area contributed by atoms with E-state index >= 15 is 0 Å². The van der Waals surface area contributed by atoms with Crippen LogP contribution in [0.4, 0.5) is 0 Å². The number of nitrogens with zero attached hydrogens (tertiary/aromatic N) is 1. The van der Waals surface area contributed by atoms with Gasteiger partial charge in [-0.2, -0.15) is 0 Å². The fourth-order valence-corrected chi connectivity index (χ4v) is 4.14. The zero-order valence-electron chi connectivity index (χ0n) is 17.6. The number of hydrogen-bond acceptors (Lipinski definition) is 0. The molecule has 0 saturated carbocycles. The van der Waals surface area contributed by atoms with E-state index in [1.165, 1.54) is 69.8 Å². The van der Waals surface area contributed by atoms with Crippen LogP contribution in [0.5, 0.6) is 0 Å². The number of unbranched alkanes of at least 4 members (excludes halogenated alkanes) is 2. The summed E-state index contributed by atoms with van der Waals surface area (Å²) in [6, 6.07) is 11.0. The van der Waals surface area contributed by atoms with E-state index in [2.05, 4.69) is 62.6 Å². The molecule has 0 atom stereocenters. The molecule has 0 saturated heterocycles. The van der Waals surface area contributed by atoms with E-state index < -0.39 is 0 Å². The standard InChI is InChI=1S/C25H39N/c1-5-9-18-23-22(14-7-3)24(15-8-4)26(25(23)19-10-6-2)20-21-16-12-11-13-17-21/h11-13,16-17H,5-10,14-15,18-20H2,1-4H3. The molecule has 0 aliphatic carbocycles. The van der Waals surface area contributed by atoms with Crippen LogP contribution in [0.1, 0.15) is 94.3 Å². The minimum Gasteiger partial charge on any atom is -0.344 e. The minimum atomic E-state index is 1.04. The van der Waals surface area contributed by atoms with Crippen LogP contribution in [0.15, 0.2) is 30.3 Å². The van der Waals surface area contributed by atoms with Crippen LogP contribution in [-0.2, 0) is 32.2 Å². The third-order valence-corrected chi connectivity index (χ3v) is 5.43. The molecule has 1 nitrogen and oxygen atoms in total. The fraction of sp³-hybridized carbons (Fsp3) is 0.600. The highest BCUT2D eigenvalue weighted by Gasteiger charge is 2.21. The van der Waals surface area contributed by atoms with Crippen LogP contribution in [0.2, 0.25) is 0 Å². The van der Waals surface area contributed by atoms with E-state index in [1.54, 1.807) is 22.5 Å². The molecule has 1 heteroatoms. The number of benzene rings is 1. The second kappa shape index (κ2) is 11.3. The van der Waals surface area contributed by atoms with Gasteiger partial charge in [-0.1, -0.05) is 83.7 Å². The maximum Gasteiger partial charge on any atom is 0.0475 e. The molecule has 0 spiro atoms. The van der Waals surface area contributed by atoms with Crippen molar-refractivity contribution in [3.8, 4) is 0 Å². The van der Waals surface area contributed by atoms with Crippen LogP contribution in [0, 0.1) is 0 Å². The van der Waals surface area contributed by atoms with E-state index in [0.717, 1.165) is 6.54 Å². The van der Waals surface area contributed by atoms with Crippen molar-refractivity contribution >= 4 is 0 Å². The Morgan fingerprint density at radius 3 is 1.81 bits per heavy atom. The van der Waals surface area contributed by atoms with Crippen molar-refractivity contribution in [2.24, 2.45) is 0 Å². The molecule has 1 aromatic carbocycles. The highest BCUT2D eigenvalue weighted by Crippen LogP contribution is 2.30. The van der Waals surface area contributed by atoms with Crippen molar-refractivity contribution in [2.75, 3.05) is 0 Å². The van der Waals surface area contributed by atoms with Crippen molar-refractivity contribution in [1.82, 2.24) is 4.57 Å². The first-order valence-electron chi connectivity index (χ1n) is 11.0. The summed E-state index contributed by atoms with van der Waals surface area (Å²) in [7, 11) is 0. The molecular formula is C25H39N. The van der Waals surface area contributed by atoms with Crippen LogP contribution in [0.3, 0.4) is 0 Å². The van der Waals surface area contributed by atoms with E-state index in [9.17, 15) is 0 Å². The van der Waals surface area contributed by atoms with Gasteiger partial charge in [0.25, 0.3) is 0 Å². The Labute approximate surface area is 161 Å². The van der Waals surface area contributed by atoms with Crippen molar-refractivity contribution in [2.45, 2.75) is 98.4 Å². The molecule has 1 aromatic heterocycles. The van der Waals surface area contributed by atoms with Crippen molar-refractivity contribution in [3.63, 3.8) is 0 Å². The van der Waals surface area contributed by atoms with E-state index in [1.807, 2.05) is 0 Å². The summed E-state index contributed by atoms with van der Waals surface area (Å²) in [6.45, 7) is 10.3. The molecular weight excluding hydrogens is 314 g/mol. The van der Waals surface area contributed by atoms with Gasteiger partial charge in [0.1, 0.15) is 0 Å². The molecule has 26 heavy (non-hydrogen) atoms. The molecule has 0 radical (unpaired) electrons. The third kappa shape index (κ3) is 5.25. The Morgan fingerprint density at radius 2 is 1.19 bits per heavy atom. The Balaban J connectivity index is 2.54. The molecule has 2 rings (SSSR count). The van der Waals surface area contributed by atoms with Crippen LogP contribution in [-0.4, -0.2) is 4.57 Å². The molecule has 0 aliphatic rings. The summed E-state index contributed by atoms with van der Waals surface area (Å²) in [4.78, 5) is 0. The van der Waals surface area contributed by atoms with Gasteiger partial charge < -0.3 is 4.57 Å².